The molecule has 0 N–H and O–H groups in total. The average molecular weight is 317 g/mol. The third kappa shape index (κ3) is 4.48. The fourth-order valence-electron chi connectivity index (χ4n) is 1.45. The van der Waals surface area contributed by atoms with Gasteiger partial charge in [-0.3, -0.25) is 4.57 Å². The van der Waals surface area contributed by atoms with Crippen LogP contribution in [0.5, 0.6) is 0 Å². The normalized spacial score (nSPS) is 20.7. The van der Waals surface area contributed by atoms with E-state index in [1.165, 1.54) is 0 Å². The van der Waals surface area contributed by atoms with Gasteiger partial charge < -0.3 is 9.32 Å². The minimum Gasteiger partial charge on any atom is -0.305 e. The molecule has 1 rings (SSSR count). The highest BCUT2D eigenvalue weighted by molar-refractivity contribution is 7.54. The minimum absolute atomic E-state index is 0.151. The number of carbonyl (C=O) groups excluding carboxylic acids is 1. The van der Waals surface area contributed by atoms with Crippen LogP contribution in [-0.4, -0.2) is 60.2 Å². The van der Waals surface area contributed by atoms with Crippen molar-refractivity contribution in [3.63, 3.8) is 0 Å². The molecule has 0 aromatic rings. The van der Waals surface area contributed by atoms with Crippen LogP contribution in [0, 0.1) is 5.92 Å². The minimum atomic E-state index is -3.05. The molecule has 5 nitrogen and oxygen atoms in total. The van der Waals surface area contributed by atoms with Crippen LogP contribution in [0.15, 0.2) is 0 Å². The van der Waals surface area contributed by atoms with Crippen molar-refractivity contribution in [2.24, 2.45) is 5.92 Å². The first-order valence-electron chi connectivity index (χ1n) is 5.91. The van der Waals surface area contributed by atoms with Gasteiger partial charge in [-0.1, -0.05) is 6.92 Å². The van der Waals surface area contributed by atoms with E-state index in [4.69, 9.17) is 27.7 Å². The highest BCUT2D eigenvalue weighted by Crippen LogP contribution is 2.57. The molecule has 1 aliphatic rings. The second-order valence-electron chi connectivity index (χ2n) is 4.19. The Labute approximate surface area is 118 Å². The molecule has 0 amide bonds. The molecule has 8 heteroatoms. The summed E-state index contributed by atoms with van der Waals surface area (Å²) in [5.41, 5.74) is 0. The molecular weight excluding hydrogens is 298 g/mol. The number of hydrogen-bond acceptors (Lipinski definition) is 3. The van der Waals surface area contributed by atoms with E-state index in [9.17, 15) is 9.36 Å². The molecule has 0 spiro atoms. The van der Waals surface area contributed by atoms with Gasteiger partial charge in [0.25, 0.3) is 0 Å². The maximum Gasteiger partial charge on any atom is 0.346 e. The van der Waals surface area contributed by atoms with Crippen molar-refractivity contribution in [3.8, 4) is 0 Å². The average Bonchev–Trinajstić information content (AvgIpc) is 3.19. The lowest BCUT2D eigenvalue weighted by atomic mass is 10.2. The zero-order valence-electron chi connectivity index (χ0n) is 10.4. The summed E-state index contributed by atoms with van der Waals surface area (Å²) in [5, 5.41) is 0. The first kappa shape index (κ1) is 16.4. The van der Waals surface area contributed by atoms with Gasteiger partial charge in [-0.15, -0.1) is 23.2 Å². The van der Waals surface area contributed by atoms with Crippen LogP contribution in [0.2, 0.25) is 0 Å². The Bertz CT molecular complexity index is 309. The van der Waals surface area contributed by atoms with Crippen molar-refractivity contribution >= 4 is 37.2 Å². The number of rotatable bonds is 10. The smallest absolute Gasteiger partial charge is 0.305 e. The van der Waals surface area contributed by atoms with Gasteiger partial charge >= 0.3 is 7.67 Å². The molecule has 0 radical (unpaired) electrons. The van der Waals surface area contributed by atoms with E-state index in [2.05, 4.69) is 0 Å². The van der Waals surface area contributed by atoms with Gasteiger partial charge in [-0.05, 0) is 0 Å². The van der Waals surface area contributed by atoms with Crippen LogP contribution < -0.4 is 0 Å². The molecule has 0 aliphatic carbocycles. The lowest BCUT2D eigenvalue weighted by molar-refractivity contribution is -0.111. The number of nitrogens with zero attached hydrogens (tertiary/aromatic N) is 2. The molecule has 1 fully saturated rings. The van der Waals surface area contributed by atoms with Crippen LogP contribution in [0.1, 0.15) is 6.92 Å². The van der Waals surface area contributed by atoms with E-state index in [-0.39, 0.29) is 12.5 Å². The highest BCUT2D eigenvalue weighted by atomic mass is 35.5. The van der Waals surface area contributed by atoms with E-state index >= 15 is 0 Å². The fourth-order valence-corrected chi connectivity index (χ4v) is 4.51. The van der Waals surface area contributed by atoms with Gasteiger partial charge in [0.2, 0.25) is 0 Å². The van der Waals surface area contributed by atoms with Crippen LogP contribution in [-0.2, 0) is 13.9 Å². The summed E-state index contributed by atoms with van der Waals surface area (Å²) in [6.45, 7) is 4.28. The molecule has 1 heterocycles. The number of halogens is 2. The quantitative estimate of drug-likeness (QED) is 0.267. The second-order valence-corrected chi connectivity index (χ2v) is 7.31. The molecule has 0 aromatic heterocycles. The van der Waals surface area contributed by atoms with E-state index in [1.54, 1.807) is 16.3 Å². The Morgan fingerprint density at radius 2 is 1.94 bits per heavy atom. The van der Waals surface area contributed by atoms with Gasteiger partial charge in [-0.25, -0.2) is 9.34 Å². The van der Waals surface area contributed by atoms with Crippen LogP contribution in [0.4, 0.5) is 0 Å². The van der Waals surface area contributed by atoms with Crippen molar-refractivity contribution in [1.82, 2.24) is 9.34 Å². The molecular formula is C10H19Cl2N2O3P. The molecule has 1 saturated heterocycles. The summed E-state index contributed by atoms with van der Waals surface area (Å²) < 4.78 is 21.9. The molecule has 0 saturated carbocycles. The lowest BCUT2D eigenvalue weighted by Crippen LogP contribution is -2.30. The maximum atomic E-state index is 12.9. The summed E-state index contributed by atoms with van der Waals surface area (Å²) in [7, 11) is -3.05. The Morgan fingerprint density at radius 3 is 2.33 bits per heavy atom. The lowest BCUT2D eigenvalue weighted by Gasteiger charge is -2.30. The first-order chi connectivity index (χ1) is 8.58. The molecule has 18 heavy (non-hydrogen) atoms. The van der Waals surface area contributed by atoms with Crippen LogP contribution >= 0.6 is 30.9 Å². The molecule has 0 bridgehead atoms. The Balaban J connectivity index is 2.70. The number of hydrogen-bond donors (Lipinski definition) is 0. The van der Waals surface area contributed by atoms with Gasteiger partial charge in [0.05, 0.1) is 6.61 Å². The van der Waals surface area contributed by atoms with E-state index in [0.717, 1.165) is 19.4 Å². The zero-order chi connectivity index (χ0) is 13.6. The van der Waals surface area contributed by atoms with Gasteiger partial charge in [-0.2, -0.15) is 0 Å². The predicted octanol–water partition coefficient (Wildman–Crippen LogP) is 2.04. The Morgan fingerprint density at radius 1 is 1.39 bits per heavy atom. The van der Waals surface area contributed by atoms with Crippen molar-refractivity contribution < 1.29 is 13.9 Å². The topological polar surface area (TPSA) is 49.6 Å². The van der Waals surface area contributed by atoms with Crippen molar-refractivity contribution in [1.29, 1.82) is 0 Å². The molecule has 0 aromatic carbocycles. The second kappa shape index (κ2) is 7.83. The van der Waals surface area contributed by atoms with Gasteiger partial charge in [0, 0.05) is 43.9 Å². The van der Waals surface area contributed by atoms with E-state index in [1.807, 2.05) is 0 Å². The van der Waals surface area contributed by atoms with Gasteiger partial charge in [0.1, 0.15) is 6.29 Å². The number of carbonyl (C=O) groups is 1. The van der Waals surface area contributed by atoms with Crippen LogP contribution in [0.25, 0.3) is 0 Å². The SMILES string of the molecule is CC(C=O)COP(=O)(N(CCCl)CCCl)N1CC1. The third-order valence-corrected chi connectivity index (χ3v) is 5.61. The highest BCUT2D eigenvalue weighted by Gasteiger charge is 2.44. The van der Waals surface area contributed by atoms with Crippen LogP contribution in [0.3, 0.4) is 0 Å². The number of alkyl halides is 2. The largest absolute Gasteiger partial charge is 0.346 e. The van der Waals surface area contributed by atoms with Crippen molar-refractivity contribution in [2.75, 3.05) is 44.5 Å². The number of aldehydes is 1. The standard InChI is InChI=1S/C10H19Cl2N2O3P/c1-10(8-15)9-17-18(16,14-6-7-14)13(4-2-11)5-3-12/h8,10H,2-7,9H2,1H3. The van der Waals surface area contributed by atoms with E-state index in [0.29, 0.717) is 24.8 Å². The maximum absolute atomic E-state index is 12.9. The summed E-state index contributed by atoms with van der Waals surface area (Å²) >= 11 is 11.4. The molecule has 106 valence electrons. The zero-order valence-corrected chi connectivity index (χ0v) is 12.8. The monoisotopic (exact) mass is 316 g/mol. The summed E-state index contributed by atoms with van der Waals surface area (Å²) in [5.74, 6) is 0.454. The summed E-state index contributed by atoms with van der Waals surface area (Å²) in [4.78, 5) is 10.6. The Kier molecular flexibility index (Phi) is 7.14. The summed E-state index contributed by atoms with van der Waals surface area (Å²) in [6.07, 6.45) is 0.792. The predicted molar refractivity (Wildman–Crippen MR) is 73.4 cm³/mol. The molecule has 2 atom stereocenters. The van der Waals surface area contributed by atoms with Gasteiger partial charge in [0.15, 0.2) is 0 Å². The first-order valence-corrected chi connectivity index (χ1v) is 8.51. The van der Waals surface area contributed by atoms with Crippen molar-refractivity contribution in [3.05, 3.63) is 0 Å². The summed E-state index contributed by atoms with van der Waals surface area (Å²) in [6, 6.07) is 0. The molecule has 2 unspecified atom stereocenters. The van der Waals surface area contributed by atoms with Crippen molar-refractivity contribution in [2.45, 2.75) is 6.92 Å². The molecule has 1 aliphatic heterocycles. The Hall–Kier alpha value is 0.360. The van der Waals surface area contributed by atoms with E-state index < -0.39 is 7.67 Å². The third-order valence-electron chi connectivity index (χ3n) is 2.56. The fraction of sp³-hybridized carbons (Fsp3) is 0.900.